The van der Waals surface area contributed by atoms with Crippen molar-refractivity contribution in [2.24, 2.45) is 0 Å². The van der Waals surface area contributed by atoms with Crippen molar-refractivity contribution in [2.45, 2.75) is 39.7 Å². The SMILES string of the molecule is Cc1ccc(NCc2csc(C(C)(C)C)n2)cc1Br. The van der Waals surface area contributed by atoms with Crippen LogP contribution in [0.1, 0.15) is 37.0 Å². The Morgan fingerprint density at radius 1 is 1.32 bits per heavy atom. The summed E-state index contributed by atoms with van der Waals surface area (Å²) in [6.45, 7) is 9.44. The van der Waals surface area contributed by atoms with Crippen molar-refractivity contribution in [1.82, 2.24) is 4.98 Å². The summed E-state index contributed by atoms with van der Waals surface area (Å²) >= 11 is 5.29. The topological polar surface area (TPSA) is 24.9 Å². The molecule has 4 heteroatoms. The number of benzene rings is 1. The molecule has 0 radical (unpaired) electrons. The third-order valence-corrected chi connectivity index (χ3v) is 5.01. The van der Waals surface area contributed by atoms with E-state index in [0.717, 1.165) is 22.4 Å². The molecule has 2 nitrogen and oxygen atoms in total. The Bertz CT molecular complexity index is 570. The molecule has 1 N–H and O–H groups in total. The van der Waals surface area contributed by atoms with E-state index in [0.29, 0.717) is 0 Å². The Hall–Kier alpha value is -0.870. The molecule has 1 aromatic heterocycles. The molecule has 102 valence electrons. The molecule has 0 saturated carbocycles. The number of hydrogen-bond donors (Lipinski definition) is 1. The van der Waals surface area contributed by atoms with Crippen molar-refractivity contribution in [1.29, 1.82) is 0 Å². The highest BCUT2D eigenvalue weighted by Crippen LogP contribution is 2.26. The molecule has 2 aromatic rings. The average molecular weight is 339 g/mol. The van der Waals surface area contributed by atoms with E-state index in [1.807, 2.05) is 0 Å². The number of anilines is 1. The minimum atomic E-state index is 0.135. The van der Waals surface area contributed by atoms with Crippen molar-refractivity contribution in [2.75, 3.05) is 5.32 Å². The van der Waals surface area contributed by atoms with Crippen LogP contribution in [0.2, 0.25) is 0 Å². The van der Waals surface area contributed by atoms with E-state index in [1.165, 1.54) is 10.6 Å². The quantitative estimate of drug-likeness (QED) is 0.839. The van der Waals surface area contributed by atoms with Gasteiger partial charge in [0.15, 0.2) is 0 Å². The Morgan fingerprint density at radius 2 is 2.05 bits per heavy atom. The highest BCUT2D eigenvalue weighted by Gasteiger charge is 2.17. The Balaban J connectivity index is 2.02. The lowest BCUT2D eigenvalue weighted by Crippen LogP contribution is -2.11. The maximum Gasteiger partial charge on any atom is 0.0982 e. The highest BCUT2D eigenvalue weighted by molar-refractivity contribution is 9.10. The number of nitrogens with one attached hydrogen (secondary N) is 1. The Morgan fingerprint density at radius 3 is 2.63 bits per heavy atom. The summed E-state index contributed by atoms with van der Waals surface area (Å²) in [6, 6.07) is 6.30. The Labute approximate surface area is 127 Å². The Kier molecular flexibility index (Phi) is 4.31. The summed E-state index contributed by atoms with van der Waals surface area (Å²) in [5, 5.41) is 6.73. The van der Waals surface area contributed by atoms with Crippen molar-refractivity contribution < 1.29 is 0 Å². The first kappa shape index (κ1) is 14.5. The van der Waals surface area contributed by atoms with E-state index in [1.54, 1.807) is 11.3 Å². The van der Waals surface area contributed by atoms with Crippen LogP contribution in [-0.4, -0.2) is 4.98 Å². The van der Waals surface area contributed by atoms with E-state index < -0.39 is 0 Å². The molecule has 0 aliphatic carbocycles. The highest BCUT2D eigenvalue weighted by atomic mass is 79.9. The van der Waals surface area contributed by atoms with Gasteiger partial charge in [-0.3, -0.25) is 0 Å². The van der Waals surface area contributed by atoms with Crippen LogP contribution < -0.4 is 5.32 Å². The van der Waals surface area contributed by atoms with Gasteiger partial charge in [0.25, 0.3) is 0 Å². The van der Waals surface area contributed by atoms with Gasteiger partial charge in [-0.15, -0.1) is 11.3 Å². The maximum absolute atomic E-state index is 4.68. The first-order chi connectivity index (χ1) is 8.86. The maximum atomic E-state index is 4.68. The normalized spacial score (nSPS) is 11.6. The van der Waals surface area contributed by atoms with Gasteiger partial charge < -0.3 is 5.32 Å². The zero-order valence-corrected chi connectivity index (χ0v) is 14.2. The number of rotatable bonds is 3. The van der Waals surface area contributed by atoms with Gasteiger partial charge in [-0.2, -0.15) is 0 Å². The number of halogens is 1. The van der Waals surface area contributed by atoms with Crippen LogP contribution in [0.4, 0.5) is 5.69 Å². The fourth-order valence-corrected chi connectivity index (χ4v) is 2.91. The summed E-state index contributed by atoms with van der Waals surface area (Å²) in [4.78, 5) is 4.68. The third kappa shape index (κ3) is 3.80. The molecule has 19 heavy (non-hydrogen) atoms. The van der Waals surface area contributed by atoms with Gasteiger partial charge in [0, 0.05) is 21.0 Å². The second kappa shape index (κ2) is 5.63. The van der Waals surface area contributed by atoms with Gasteiger partial charge in [0.1, 0.15) is 0 Å². The van der Waals surface area contributed by atoms with E-state index in [2.05, 4.69) is 77.5 Å². The first-order valence-corrected chi connectivity index (χ1v) is 7.98. The molecule has 0 fully saturated rings. The number of hydrogen-bond acceptors (Lipinski definition) is 3. The average Bonchev–Trinajstić information content (AvgIpc) is 2.79. The standard InChI is InChI=1S/C15H19BrN2S/c1-10-5-6-11(7-13(10)16)17-8-12-9-19-14(18-12)15(2,3)4/h5-7,9,17H,8H2,1-4H3. The summed E-state index contributed by atoms with van der Waals surface area (Å²) < 4.78 is 1.13. The molecule has 2 rings (SSSR count). The van der Waals surface area contributed by atoms with Crippen molar-refractivity contribution in [3.63, 3.8) is 0 Å². The van der Waals surface area contributed by atoms with Crippen LogP contribution in [0, 0.1) is 6.92 Å². The lowest BCUT2D eigenvalue weighted by Gasteiger charge is -2.13. The summed E-state index contributed by atoms with van der Waals surface area (Å²) in [5.41, 5.74) is 3.60. The molecule has 0 amide bonds. The molecule has 0 saturated heterocycles. The van der Waals surface area contributed by atoms with Gasteiger partial charge in [-0.25, -0.2) is 4.98 Å². The zero-order chi connectivity index (χ0) is 14.0. The second-order valence-electron chi connectivity index (χ2n) is 5.71. The largest absolute Gasteiger partial charge is 0.379 e. The monoisotopic (exact) mass is 338 g/mol. The van der Waals surface area contributed by atoms with E-state index in [9.17, 15) is 0 Å². The van der Waals surface area contributed by atoms with Crippen LogP contribution in [0.3, 0.4) is 0 Å². The van der Waals surface area contributed by atoms with Crippen LogP contribution in [-0.2, 0) is 12.0 Å². The summed E-state index contributed by atoms with van der Waals surface area (Å²) in [7, 11) is 0. The predicted octanol–water partition coefficient (Wildman–Crippen LogP) is 5.12. The molecule has 0 atom stereocenters. The van der Waals surface area contributed by atoms with Crippen molar-refractivity contribution in [3.05, 3.63) is 44.3 Å². The summed E-state index contributed by atoms with van der Waals surface area (Å²) in [6.07, 6.45) is 0. The van der Waals surface area contributed by atoms with Crippen LogP contribution >= 0.6 is 27.3 Å². The number of thiazole rings is 1. The van der Waals surface area contributed by atoms with Crippen molar-refractivity contribution >= 4 is 33.0 Å². The van der Waals surface area contributed by atoms with Crippen molar-refractivity contribution in [3.8, 4) is 0 Å². The van der Waals surface area contributed by atoms with Gasteiger partial charge in [-0.05, 0) is 24.6 Å². The fraction of sp³-hybridized carbons (Fsp3) is 0.400. The second-order valence-corrected chi connectivity index (χ2v) is 7.42. The first-order valence-electron chi connectivity index (χ1n) is 6.31. The molecule has 1 aromatic carbocycles. The van der Waals surface area contributed by atoms with Gasteiger partial charge in [0.2, 0.25) is 0 Å². The van der Waals surface area contributed by atoms with Gasteiger partial charge in [0.05, 0.1) is 17.2 Å². The zero-order valence-electron chi connectivity index (χ0n) is 11.7. The lowest BCUT2D eigenvalue weighted by molar-refractivity contribution is 0.583. The predicted molar refractivity (Wildman–Crippen MR) is 87.0 cm³/mol. The molecule has 0 unspecified atom stereocenters. The smallest absolute Gasteiger partial charge is 0.0982 e. The molecule has 0 bridgehead atoms. The molecular weight excluding hydrogens is 320 g/mol. The van der Waals surface area contributed by atoms with Crippen LogP contribution in [0.5, 0.6) is 0 Å². The van der Waals surface area contributed by atoms with Crippen LogP contribution in [0.15, 0.2) is 28.1 Å². The number of nitrogens with zero attached hydrogens (tertiary/aromatic N) is 1. The molecular formula is C15H19BrN2S. The number of aryl methyl sites for hydroxylation is 1. The van der Waals surface area contributed by atoms with E-state index in [4.69, 9.17) is 0 Å². The minimum Gasteiger partial charge on any atom is -0.379 e. The van der Waals surface area contributed by atoms with E-state index in [-0.39, 0.29) is 5.41 Å². The van der Waals surface area contributed by atoms with Gasteiger partial charge in [-0.1, -0.05) is 42.8 Å². The lowest BCUT2D eigenvalue weighted by atomic mass is 9.98. The third-order valence-electron chi connectivity index (χ3n) is 2.84. The van der Waals surface area contributed by atoms with E-state index >= 15 is 0 Å². The fourth-order valence-electron chi connectivity index (χ4n) is 1.63. The molecule has 0 spiro atoms. The molecule has 0 aliphatic heterocycles. The van der Waals surface area contributed by atoms with Crippen LogP contribution in [0.25, 0.3) is 0 Å². The minimum absolute atomic E-state index is 0.135. The number of aromatic nitrogens is 1. The molecule has 0 aliphatic rings. The molecule has 1 heterocycles. The van der Waals surface area contributed by atoms with Gasteiger partial charge >= 0.3 is 0 Å². The summed E-state index contributed by atoms with van der Waals surface area (Å²) in [5.74, 6) is 0.